The molecule has 1 aliphatic rings. The van der Waals surface area contributed by atoms with E-state index in [1.54, 1.807) is 0 Å². The van der Waals surface area contributed by atoms with Crippen LogP contribution in [-0.4, -0.2) is 40.1 Å². The maximum atomic E-state index is 10.4. The van der Waals surface area contributed by atoms with E-state index in [0.717, 1.165) is 25.8 Å². The molecule has 6 heteroatoms. The maximum absolute atomic E-state index is 10.4. The highest BCUT2D eigenvalue weighted by Gasteiger charge is 2.32. The van der Waals surface area contributed by atoms with Crippen LogP contribution in [0.4, 0.5) is 0 Å². The van der Waals surface area contributed by atoms with Gasteiger partial charge in [-0.3, -0.25) is 14.4 Å². The molecular formula is C16H28N4OS. The van der Waals surface area contributed by atoms with Crippen molar-refractivity contribution in [3.8, 4) is 0 Å². The van der Waals surface area contributed by atoms with Crippen molar-refractivity contribution in [2.24, 2.45) is 5.41 Å². The van der Waals surface area contributed by atoms with Gasteiger partial charge in [0, 0.05) is 30.8 Å². The Morgan fingerprint density at radius 2 is 2.23 bits per heavy atom. The molecule has 2 atom stereocenters. The average molecular weight is 324 g/mol. The Balaban J connectivity index is 2.22. The molecule has 0 spiro atoms. The number of fused-ring (bicyclic) bond motifs is 1. The lowest BCUT2D eigenvalue weighted by Gasteiger charge is -2.33. The molecule has 2 rings (SSSR count). The first-order valence-electron chi connectivity index (χ1n) is 7.90. The standard InChI is InChI=1S/C16H28N4OS/c1-11-13-9-19(5)15(22)8-14(13)18-20(11)12(2)16(3,4)6-7-17-10-21/h10,12,15,22H,6-9H2,1-5H3,(H,17,21). The van der Waals surface area contributed by atoms with Crippen molar-refractivity contribution >= 4 is 19.0 Å². The number of hydrogen-bond donors (Lipinski definition) is 2. The van der Waals surface area contributed by atoms with Crippen LogP contribution in [0.3, 0.4) is 0 Å². The Bertz CT molecular complexity index is 540. The van der Waals surface area contributed by atoms with E-state index in [0.29, 0.717) is 6.54 Å². The lowest BCUT2D eigenvalue weighted by atomic mass is 9.82. The van der Waals surface area contributed by atoms with Crippen molar-refractivity contribution in [2.75, 3.05) is 13.6 Å². The summed E-state index contributed by atoms with van der Waals surface area (Å²) in [5.74, 6) is 0. The molecule has 0 saturated heterocycles. The van der Waals surface area contributed by atoms with Gasteiger partial charge in [0.1, 0.15) is 0 Å². The van der Waals surface area contributed by atoms with Crippen LogP contribution in [0, 0.1) is 12.3 Å². The first kappa shape index (κ1) is 17.3. The predicted molar refractivity (Wildman–Crippen MR) is 92.1 cm³/mol. The first-order valence-corrected chi connectivity index (χ1v) is 8.41. The van der Waals surface area contributed by atoms with E-state index in [-0.39, 0.29) is 16.8 Å². The van der Waals surface area contributed by atoms with E-state index in [1.807, 2.05) is 0 Å². The van der Waals surface area contributed by atoms with Gasteiger partial charge in [-0.15, -0.1) is 0 Å². The van der Waals surface area contributed by atoms with Crippen LogP contribution in [0.1, 0.15) is 50.2 Å². The number of nitrogens with one attached hydrogen (secondary N) is 1. The van der Waals surface area contributed by atoms with E-state index >= 15 is 0 Å². The highest BCUT2D eigenvalue weighted by atomic mass is 32.1. The molecule has 22 heavy (non-hydrogen) atoms. The van der Waals surface area contributed by atoms with Gasteiger partial charge in [-0.1, -0.05) is 13.8 Å². The quantitative estimate of drug-likeness (QED) is 0.479. The SMILES string of the molecule is Cc1c2c(nn1C(C)C(C)(C)CCNC=O)CC(S)N(C)C2. The molecule has 0 aromatic carbocycles. The summed E-state index contributed by atoms with van der Waals surface area (Å²) in [4.78, 5) is 12.7. The Morgan fingerprint density at radius 3 is 2.86 bits per heavy atom. The summed E-state index contributed by atoms with van der Waals surface area (Å²) in [5, 5.41) is 7.89. The number of thiol groups is 1. The summed E-state index contributed by atoms with van der Waals surface area (Å²) in [6.07, 6.45) is 2.58. The second-order valence-corrected chi connectivity index (χ2v) is 7.64. The largest absolute Gasteiger partial charge is 0.359 e. The third-order valence-electron chi connectivity index (χ3n) is 5.14. The van der Waals surface area contributed by atoms with Gasteiger partial charge in [-0.05, 0) is 32.7 Å². The van der Waals surface area contributed by atoms with Crippen molar-refractivity contribution in [3.63, 3.8) is 0 Å². The highest BCUT2D eigenvalue weighted by Crippen LogP contribution is 2.36. The zero-order valence-electron chi connectivity index (χ0n) is 14.3. The molecule has 0 radical (unpaired) electrons. The van der Waals surface area contributed by atoms with E-state index in [2.05, 4.69) is 62.3 Å². The van der Waals surface area contributed by atoms with Crippen LogP contribution < -0.4 is 5.32 Å². The topological polar surface area (TPSA) is 50.2 Å². The minimum absolute atomic E-state index is 0.0572. The number of amides is 1. The van der Waals surface area contributed by atoms with Crippen molar-refractivity contribution in [2.45, 2.75) is 58.5 Å². The maximum Gasteiger partial charge on any atom is 0.207 e. The highest BCUT2D eigenvalue weighted by molar-refractivity contribution is 7.80. The van der Waals surface area contributed by atoms with Crippen molar-refractivity contribution in [1.29, 1.82) is 0 Å². The third kappa shape index (κ3) is 3.33. The van der Waals surface area contributed by atoms with Crippen LogP contribution in [0.25, 0.3) is 0 Å². The van der Waals surface area contributed by atoms with Gasteiger partial charge in [0.05, 0.1) is 17.1 Å². The molecule has 1 aromatic rings. The number of nitrogens with zero attached hydrogens (tertiary/aromatic N) is 3. The molecule has 0 aliphatic carbocycles. The normalized spacial score (nSPS) is 20.5. The minimum atomic E-state index is 0.0572. The molecule has 0 saturated carbocycles. The lowest BCUT2D eigenvalue weighted by Crippen LogP contribution is -2.33. The van der Waals surface area contributed by atoms with Crippen LogP contribution in [0.2, 0.25) is 0 Å². The Hall–Kier alpha value is -1.01. The molecule has 1 amide bonds. The fourth-order valence-electron chi connectivity index (χ4n) is 3.04. The summed E-state index contributed by atoms with van der Waals surface area (Å²) in [5.41, 5.74) is 3.85. The molecule has 124 valence electrons. The molecule has 1 aliphatic heterocycles. The van der Waals surface area contributed by atoms with Gasteiger partial charge < -0.3 is 5.32 Å². The molecule has 0 fully saturated rings. The van der Waals surface area contributed by atoms with E-state index in [9.17, 15) is 4.79 Å². The summed E-state index contributed by atoms with van der Waals surface area (Å²) in [6.45, 7) is 10.5. The van der Waals surface area contributed by atoms with Crippen molar-refractivity contribution in [3.05, 3.63) is 17.0 Å². The number of carbonyl (C=O) groups is 1. The molecule has 5 nitrogen and oxygen atoms in total. The summed E-state index contributed by atoms with van der Waals surface area (Å²) >= 11 is 4.63. The summed E-state index contributed by atoms with van der Waals surface area (Å²) < 4.78 is 2.17. The van der Waals surface area contributed by atoms with Gasteiger partial charge in [0.25, 0.3) is 0 Å². The predicted octanol–water partition coefficient (Wildman–Crippen LogP) is 2.16. The summed E-state index contributed by atoms with van der Waals surface area (Å²) in [7, 11) is 2.11. The van der Waals surface area contributed by atoms with Crippen LogP contribution in [-0.2, 0) is 17.8 Å². The third-order valence-corrected chi connectivity index (χ3v) is 5.72. The second kappa shape index (κ2) is 6.62. The van der Waals surface area contributed by atoms with Gasteiger partial charge in [0.2, 0.25) is 6.41 Å². The molecular weight excluding hydrogens is 296 g/mol. The number of likely N-dealkylation sites (N-methyl/N-ethyl adjacent to an activating group) is 1. The fraction of sp³-hybridized carbons (Fsp3) is 0.750. The van der Waals surface area contributed by atoms with Crippen LogP contribution in [0.15, 0.2) is 0 Å². The zero-order valence-corrected chi connectivity index (χ0v) is 15.2. The minimum Gasteiger partial charge on any atom is -0.359 e. The van der Waals surface area contributed by atoms with Crippen LogP contribution in [0.5, 0.6) is 0 Å². The van der Waals surface area contributed by atoms with Crippen LogP contribution >= 0.6 is 12.6 Å². The number of aromatic nitrogens is 2. The Morgan fingerprint density at radius 1 is 1.55 bits per heavy atom. The smallest absolute Gasteiger partial charge is 0.207 e. The average Bonchev–Trinajstić information content (AvgIpc) is 2.76. The summed E-state index contributed by atoms with van der Waals surface area (Å²) in [6, 6.07) is 0.273. The number of hydrogen-bond acceptors (Lipinski definition) is 4. The Labute approximate surface area is 138 Å². The van der Waals surface area contributed by atoms with Gasteiger partial charge in [-0.25, -0.2) is 0 Å². The molecule has 2 heterocycles. The molecule has 1 N–H and O–H groups in total. The van der Waals surface area contributed by atoms with Crippen molar-refractivity contribution < 1.29 is 4.79 Å². The first-order chi connectivity index (χ1) is 10.3. The van der Waals surface area contributed by atoms with Gasteiger partial charge in [-0.2, -0.15) is 17.7 Å². The van der Waals surface area contributed by atoms with E-state index in [4.69, 9.17) is 5.10 Å². The molecule has 0 bridgehead atoms. The Kier molecular flexibility index (Phi) is 5.22. The van der Waals surface area contributed by atoms with Gasteiger partial charge in [0.15, 0.2) is 0 Å². The van der Waals surface area contributed by atoms with Gasteiger partial charge >= 0.3 is 0 Å². The van der Waals surface area contributed by atoms with E-state index < -0.39 is 0 Å². The zero-order chi connectivity index (χ0) is 16.5. The molecule has 2 unspecified atom stereocenters. The fourth-order valence-corrected chi connectivity index (χ4v) is 3.29. The second-order valence-electron chi connectivity index (χ2n) is 7.04. The van der Waals surface area contributed by atoms with Crippen molar-refractivity contribution in [1.82, 2.24) is 20.0 Å². The number of rotatable bonds is 6. The lowest BCUT2D eigenvalue weighted by molar-refractivity contribution is -0.109. The monoisotopic (exact) mass is 324 g/mol. The van der Waals surface area contributed by atoms with E-state index in [1.165, 1.54) is 17.0 Å². The number of carbonyl (C=O) groups excluding carboxylic acids is 1. The molecule has 1 aromatic heterocycles.